The number of hydrogen-bond donors (Lipinski definition) is 1. The van der Waals surface area contributed by atoms with Crippen molar-refractivity contribution in [1.82, 2.24) is 4.72 Å². The summed E-state index contributed by atoms with van der Waals surface area (Å²) in [5.41, 5.74) is -0.782. The Bertz CT molecular complexity index is 966. The van der Waals surface area contributed by atoms with Crippen molar-refractivity contribution in [2.24, 2.45) is 0 Å². The molecular weight excluding hydrogens is 379 g/mol. The highest BCUT2D eigenvalue weighted by molar-refractivity contribution is 7.89. The average Bonchev–Trinajstić information content (AvgIpc) is 2.89. The Morgan fingerprint density at radius 3 is 2.37 bits per heavy atom. The minimum absolute atomic E-state index is 0.185. The Kier molecular flexibility index (Phi) is 6.13. The van der Waals surface area contributed by atoms with Crippen molar-refractivity contribution in [3.8, 4) is 0 Å². The molecule has 27 heavy (non-hydrogen) atoms. The number of esters is 2. The van der Waals surface area contributed by atoms with Crippen LogP contribution in [0.5, 0.6) is 0 Å². The Hall–Kier alpha value is -2.98. The molecule has 0 saturated carbocycles. The molecule has 0 aromatic heterocycles. The second-order valence-electron chi connectivity index (χ2n) is 5.14. The predicted octanol–water partition coefficient (Wildman–Crippen LogP) is 1.22. The average molecular weight is 396 g/mol. The molecule has 1 aliphatic rings. The Labute approximate surface area is 155 Å². The standard InChI is InChI=1S/C17H17FN2O6S/c1-19-27(23,24)11-7-8-13(18)14(10-11)20-9-5-4-6-12(16(21)25-2)15(20)17(22)26-3/h4-10,19H,1-3H3. The van der Waals surface area contributed by atoms with E-state index in [0.717, 1.165) is 37.3 Å². The third-order valence-electron chi connectivity index (χ3n) is 3.65. The minimum atomic E-state index is -3.87. The molecule has 144 valence electrons. The number of benzene rings is 1. The molecule has 1 heterocycles. The number of nitrogens with zero attached hydrogens (tertiary/aromatic N) is 1. The van der Waals surface area contributed by atoms with Gasteiger partial charge in [0.15, 0.2) is 0 Å². The summed E-state index contributed by atoms with van der Waals surface area (Å²) < 4.78 is 50.1. The minimum Gasteiger partial charge on any atom is -0.465 e. The molecule has 1 N–H and O–H groups in total. The fourth-order valence-electron chi connectivity index (χ4n) is 2.31. The Morgan fingerprint density at radius 2 is 1.78 bits per heavy atom. The lowest BCUT2D eigenvalue weighted by molar-refractivity contribution is -0.139. The normalized spacial score (nSPS) is 14.1. The van der Waals surface area contributed by atoms with Crippen LogP contribution < -0.4 is 9.62 Å². The fourth-order valence-corrected chi connectivity index (χ4v) is 3.06. The van der Waals surface area contributed by atoms with E-state index in [1.54, 1.807) is 0 Å². The van der Waals surface area contributed by atoms with E-state index in [9.17, 15) is 22.4 Å². The van der Waals surface area contributed by atoms with E-state index in [1.165, 1.54) is 31.5 Å². The zero-order valence-electron chi connectivity index (χ0n) is 14.7. The first kappa shape index (κ1) is 20.3. The maximum atomic E-state index is 14.5. The number of rotatable bonds is 5. The van der Waals surface area contributed by atoms with Crippen LogP contribution in [0.3, 0.4) is 0 Å². The van der Waals surface area contributed by atoms with Crippen molar-refractivity contribution in [1.29, 1.82) is 0 Å². The first-order chi connectivity index (χ1) is 12.8. The van der Waals surface area contributed by atoms with Crippen LogP contribution in [0.1, 0.15) is 0 Å². The van der Waals surface area contributed by atoms with Crippen molar-refractivity contribution >= 4 is 27.6 Å². The van der Waals surface area contributed by atoms with Gasteiger partial charge in [-0.15, -0.1) is 0 Å². The van der Waals surface area contributed by atoms with Crippen LogP contribution in [0, 0.1) is 5.82 Å². The smallest absolute Gasteiger partial charge is 0.355 e. The number of methoxy groups -OCH3 is 2. The largest absolute Gasteiger partial charge is 0.465 e. The molecule has 0 aliphatic carbocycles. The van der Waals surface area contributed by atoms with Gasteiger partial charge in [-0.1, -0.05) is 6.08 Å². The molecule has 0 unspecified atom stereocenters. The van der Waals surface area contributed by atoms with Gasteiger partial charge >= 0.3 is 11.9 Å². The quantitative estimate of drug-likeness (QED) is 0.747. The SMILES string of the molecule is CNS(=O)(=O)c1ccc(F)c(N2C=CC=CC(C(=O)OC)=C2C(=O)OC)c1. The second-order valence-corrected chi connectivity index (χ2v) is 7.02. The number of allylic oxidation sites excluding steroid dienone is 2. The molecule has 0 fully saturated rings. The van der Waals surface area contributed by atoms with Crippen molar-refractivity contribution < 1.29 is 31.9 Å². The molecule has 0 radical (unpaired) electrons. The van der Waals surface area contributed by atoms with Gasteiger partial charge in [-0.25, -0.2) is 27.1 Å². The highest BCUT2D eigenvalue weighted by Crippen LogP contribution is 2.30. The molecule has 8 nitrogen and oxygen atoms in total. The lowest BCUT2D eigenvalue weighted by Gasteiger charge is -2.24. The monoisotopic (exact) mass is 396 g/mol. The van der Waals surface area contributed by atoms with E-state index in [4.69, 9.17) is 4.74 Å². The molecule has 2 rings (SSSR count). The van der Waals surface area contributed by atoms with Gasteiger partial charge < -0.3 is 14.4 Å². The van der Waals surface area contributed by atoms with E-state index in [1.807, 2.05) is 0 Å². The zero-order valence-corrected chi connectivity index (χ0v) is 15.5. The molecule has 1 aromatic rings. The molecule has 0 spiro atoms. The summed E-state index contributed by atoms with van der Waals surface area (Å²) in [5.74, 6) is -2.60. The number of anilines is 1. The lowest BCUT2D eigenvalue weighted by atomic mass is 10.1. The third-order valence-corrected chi connectivity index (χ3v) is 5.06. The van der Waals surface area contributed by atoms with Gasteiger partial charge in [0.2, 0.25) is 10.0 Å². The van der Waals surface area contributed by atoms with Crippen LogP contribution in [0.25, 0.3) is 0 Å². The number of sulfonamides is 1. The topological polar surface area (TPSA) is 102 Å². The molecule has 0 atom stereocenters. The van der Waals surface area contributed by atoms with Crippen LogP contribution in [-0.2, 0) is 29.1 Å². The number of halogens is 1. The second kappa shape index (κ2) is 8.14. The summed E-state index contributed by atoms with van der Waals surface area (Å²) in [4.78, 5) is 25.2. The zero-order chi connectivity index (χ0) is 20.2. The van der Waals surface area contributed by atoms with Crippen molar-refractivity contribution in [3.63, 3.8) is 0 Å². The number of carbonyl (C=O) groups is 2. The lowest BCUT2D eigenvalue weighted by Crippen LogP contribution is -2.28. The summed E-state index contributed by atoms with van der Waals surface area (Å²) in [6, 6.07) is 3.06. The van der Waals surface area contributed by atoms with Crippen LogP contribution in [0.4, 0.5) is 10.1 Å². The van der Waals surface area contributed by atoms with E-state index in [2.05, 4.69) is 9.46 Å². The summed E-state index contributed by atoms with van der Waals surface area (Å²) in [7, 11) is -0.436. The number of nitrogens with one attached hydrogen (secondary N) is 1. The maximum Gasteiger partial charge on any atom is 0.355 e. The van der Waals surface area contributed by atoms with E-state index in [-0.39, 0.29) is 21.9 Å². The Morgan fingerprint density at radius 1 is 1.11 bits per heavy atom. The van der Waals surface area contributed by atoms with Crippen molar-refractivity contribution in [2.75, 3.05) is 26.2 Å². The summed E-state index contributed by atoms with van der Waals surface area (Å²) >= 11 is 0. The van der Waals surface area contributed by atoms with Gasteiger partial charge in [-0.3, -0.25) is 0 Å². The molecule has 1 aromatic carbocycles. The fraction of sp³-hybridized carbons (Fsp3) is 0.176. The molecule has 10 heteroatoms. The van der Waals surface area contributed by atoms with Gasteiger partial charge in [0.05, 0.1) is 30.4 Å². The summed E-state index contributed by atoms with van der Waals surface area (Å²) in [5, 5.41) is 0. The number of hydrogen-bond acceptors (Lipinski definition) is 7. The molecule has 0 saturated heterocycles. The summed E-state index contributed by atoms with van der Waals surface area (Å²) in [6.45, 7) is 0. The van der Waals surface area contributed by atoms with Crippen molar-refractivity contribution in [2.45, 2.75) is 4.90 Å². The van der Waals surface area contributed by atoms with E-state index < -0.39 is 27.8 Å². The predicted molar refractivity (Wildman–Crippen MR) is 94.5 cm³/mol. The Balaban J connectivity index is 2.76. The molecule has 0 bridgehead atoms. The van der Waals surface area contributed by atoms with Gasteiger partial charge in [0.25, 0.3) is 0 Å². The maximum absolute atomic E-state index is 14.5. The van der Waals surface area contributed by atoms with Crippen LogP contribution in [0.15, 0.2) is 58.8 Å². The van der Waals surface area contributed by atoms with Gasteiger partial charge in [0, 0.05) is 6.20 Å². The number of ether oxygens (including phenoxy) is 2. The van der Waals surface area contributed by atoms with Crippen LogP contribution >= 0.6 is 0 Å². The first-order valence-corrected chi connectivity index (χ1v) is 9.03. The molecule has 1 aliphatic heterocycles. The molecule has 0 amide bonds. The van der Waals surface area contributed by atoms with E-state index >= 15 is 0 Å². The summed E-state index contributed by atoms with van der Waals surface area (Å²) in [6.07, 6.45) is 5.49. The highest BCUT2D eigenvalue weighted by atomic mass is 32.2. The third kappa shape index (κ3) is 4.07. The van der Waals surface area contributed by atoms with E-state index in [0.29, 0.717) is 0 Å². The van der Waals surface area contributed by atoms with Crippen LogP contribution in [-0.4, -0.2) is 41.6 Å². The first-order valence-electron chi connectivity index (χ1n) is 7.55. The van der Waals surface area contributed by atoms with Crippen LogP contribution in [0.2, 0.25) is 0 Å². The highest BCUT2D eigenvalue weighted by Gasteiger charge is 2.29. The molecular formula is C17H17FN2O6S. The van der Waals surface area contributed by atoms with Crippen molar-refractivity contribution in [3.05, 3.63) is 59.7 Å². The number of carbonyl (C=O) groups excluding carboxylic acids is 2. The van der Waals surface area contributed by atoms with Gasteiger partial charge in [-0.05, 0) is 37.4 Å². The van der Waals surface area contributed by atoms with Gasteiger partial charge in [0.1, 0.15) is 11.5 Å². The van der Waals surface area contributed by atoms with Gasteiger partial charge in [-0.2, -0.15) is 0 Å².